The first-order chi connectivity index (χ1) is 7.25. The Bertz CT molecular complexity index is 313. The van der Waals surface area contributed by atoms with Crippen LogP contribution in [0.2, 0.25) is 0 Å². The van der Waals surface area contributed by atoms with Gasteiger partial charge in [0.15, 0.2) is 0 Å². The van der Waals surface area contributed by atoms with Gasteiger partial charge < -0.3 is 5.32 Å². The second-order valence-electron chi connectivity index (χ2n) is 4.59. The predicted octanol–water partition coefficient (Wildman–Crippen LogP) is 1.80. The Labute approximate surface area is 91.9 Å². The van der Waals surface area contributed by atoms with Crippen LogP contribution in [0.25, 0.3) is 0 Å². The van der Waals surface area contributed by atoms with Gasteiger partial charge in [0.25, 0.3) is 0 Å². The van der Waals surface area contributed by atoms with Crippen LogP contribution in [-0.2, 0) is 13.5 Å². The van der Waals surface area contributed by atoms with E-state index in [4.69, 9.17) is 0 Å². The summed E-state index contributed by atoms with van der Waals surface area (Å²) in [4.78, 5) is 0. The van der Waals surface area contributed by atoms with Crippen LogP contribution in [-0.4, -0.2) is 22.4 Å². The maximum atomic E-state index is 4.35. The van der Waals surface area contributed by atoms with Crippen molar-refractivity contribution in [1.82, 2.24) is 15.1 Å². The summed E-state index contributed by atoms with van der Waals surface area (Å²) >= 11 is 0. The Morgan fingerprint density at radius 1 is 1.47 bits per heavy atom. The van der Waals surface area contributed by atoms with Crippen molar-refractivity contribution in [3.63, 3.8) is 0 Å². The Kier molecular flexibility index (Phi) is 3.41. The lowest BCUT2D eigenvalue weighted by Crippen LogP contribution is -2.17. The van der Waals surface area contributed by atoms with Gasteiger partial charge in [-0.15, -0.1) is 0 Å². The maximum Gasteiger partial charge on any atom is 0.0596 e. The molecule has 0 aliphatic heterocycles. The van der Waals surface area contributed by atoms with Crippen molar-refractivity contribution in [1.29, 1.82) is 0 Å². The highest BCUT2D eigenvalue weighted by Crippen LogP contribution is 2.18. The zero-order valence-corrected chi connectivity index (χ0v) is 9.79. The minimum Gasteiger partial charge on any atom is -0.314 e. The number of unbranched alkanes of at least 4 members (excludes halogenated alkanes) is 1. The van der Waals surface area contributed by atoms with E-state index in [1.165, 1.54) is 37.9 Å². The van der Waals surface area contributed by atoms with Crippen molar-refractivity contribution in [2.24, 2.45) is 7.05 Å². The van der Waals surface area contributed by atoms with Gasteiger partial charge in [-0.3, -0.25) is 4.68 Å². The summed E-state index contributed by atoms with van der Waals surface area (Å²) in [7, 11) is 2.03. The highest BCUT2D eigenvalue weighted by molar-refractivity contribution is 5.08. The first-order valence-corrected chi connectivity index (χ1v) is 5.98. The summed E-state index contributed by atoms with van der Waals surface area (Å²) in [5.74, 6) is 0. The van der Waals surface area contributed by atoms with Crippen molar-refractivity contribution in [2.45, 2.75) is 45.1 Å². The molecular weight excluding hydrogens is 186 g/mol. The smallest absolute Gasteiger partial charge is 0.0596 e. The average molecular weight is 207 g/mol. The Morgan fingerprint density at radius 3 is 2.87 bits per heavy atom. The SMILES string of the molecule is Cc1cc(CCCCNC2CC2)n(C)n1. The largest absolute Gasteiger partial charge is 0.314 e. The molecule has 0 bridgehead atoms. The molecule has 0 atom stereocenters. The predicted molar refractivity (Wildman–Crippen MR) is 61.9 cm³/mol. The third kappa shape index (κ3) is 3.34. The van der Waals surface area contributed by atoms with Crippen molar-refractivity contribution in [2.75, 3.05) is 6.54 Å². The molecule has 3 heteroatoms. The fourth-order valence-corrected chi connectivity index (χ4v) is 1.92. The Balaban J connectivity index is 1.62. The number of nitrogens with one attached hydrogen (secondary N) is 1. The number of aryl methyl sites for hydroxylation is 3. The van der Waals surface area contributed by atoms with Crippen LogP contribution in [0.15, 0.2) is 6.07 Å². The first-order valence-electron chi connectivity index (χ1n) is 5.98. The summed E-state index contributed by atoms with van der Waals surface area (Å²) in [6, 6.07) is 3.04. The quantitative estimate of drug-likeness (QED) is 0.721. The highest BCUT2D eigenvalue weighted by atomic mass is 15.3. The highest BCUT2D eigenvalue weighted by Gasteiger charge is 2.19. The molecule has 15 heavy (non-hydrogen) atoms. The minimum absolute atomic E-state index is 0.851. The normalized spacial score (nSPS) is 15.9. The molecule has 1 aromatic rings. The summed E-state index contributed by atoms with van der Waals surface area (Å²) in [5.41, 5.74) is 2.49. The van der Waals surface area contributed by atoms with Gasteiger partial charge in [0, 0.05) is 18.8 Å². The maximum absolute atomic E-state index is 4.35. The third-order valence-electron chi connectivity index (χ3n) is 2.97. The van der Waals surface area contributed by atoms with Gasteiger partial charge in [-0.1, -0.05) is 0 Å². The zero-order valence-electron chi connectivity index (χ0n) is 9.79. The molecular formula is C12H21N3. The molecule has 3 nitrogen and oxygen atoms in total. The summed E-state index contributed by atoms with van der Waals surface area (Å²) in [6.07, 6.45) is 6.48. The molecule has 0 unspecified atom stereocenters. The molecule has 0 radical (unpaired) electrons. The van der Waals surface area contributed by atoms with E-state index in [-0.39, 0.29) is 0 Å². The Morgan fingerprint density at radius 2 is 2.27 bits per heavy atom. The van der Waals surface area contributed by atoms with Crippen LogP contribution in [0.5, 0.6) is 0 Å². The molecule has 1 heterocycles. The molecule has 0 saturated heterocycles. The number of nitrogens with zero attached hydrogens (tertiary/aromatic N) is 2. The lowest BCUT2D eigenvalue weighted by molar-refractivity contribution is 0.602. The monoisotopic (exact) mass is 207 g/mol. The van der Waals surface area contributed by atoms with E-state index >= 15 is 0 Å². The standard InChI is InChI=1S/C12H21N3/c1-10-9-12(15(2)14-10)5-3-4-8-13-11-6-7-11/h9,11,13H,3-8H2,1-2H3. The zero-order chi connectivity index (χ0) is 10.7. The molecule has 1 N–H and O–H groups in total. The van der Waals surface area contributed by atoms with Crippen LogP contribution < -0.4 is 5.32 Å². The van der Waals surface area contributed by atoms with E-state index in [1.807, 2.05) is 11.7 Å². The second kappa shape index (κ2) is 4.79. The molecule has 0 aromatic carbocycles. The molecule has 1 aromatic heterocycles. The van der Waals surface area contributed by atoms with Crippen LogP contribution in [0.1, 0.15) is 37.1 Å². The van der Waals surface area contributed by atoms with Crippen molar-refractivity contribution in [3.8, 4) is 0 Å². The van der Waals surface area contributed by atoms with Gasteiger partial charge in [0.2, 0.25) is 0 Å². The summed E-state index contributed by atoms with van der Waals surface area (Å²) < 4.78 is 2.00. The van der Waals surface area contributed by atoms with Crippen molar-refractivity contribution >= 4 is 0 Å². The van der Waals surface area contributed by atoms with E-state index in [9.17, 15) is 0 Å². The minimum atomic E-state index is 0.851. The second-order valence-corrected chi connectivity index (χ2v) is 4.59. The molecule has 0 spiro atoms. The van der Waals surface area contributed by atoms with E-state index in [1.54, 1.807) is 0 Å². The van der Waals surface area contributed by atoms with Crippen LogP contribution in [0, 0.1) is 6.92 Å². The molecule has 0 amide bonds. The van der Waals surface area contributed by atoms with Gasteiger partial charge in [0.05, 0.1) is 5.69 Å². The van der Waals surface area contributed by atoms with E-state index in [0.29, 0.717) is 0 Å². The lowest BCUT2D eigenvalue weighted by Gasteiger charge is -2.03. The molecule has 1 aliphatic carbocycles. The number of aromatic nitrogens is 2. The topological polar surface area (TPSA) is 29.9 Å². The van der Waals surface area contributed by atoms with Gasteiger partial charge >= 0.3 is 0 Å². The van der Waals surface area contributed by atoms with E-state index in [0.717, 1.165) is 18.2 Å². The summed E-state index contributed by atoms with van der Waals surface area (Å²) in [5, 5.41) is 7.89. The number of hydrogen-bond acceptors (Lipinski definition) is 2. The lowest BCUT2D eigenvalue weighted by atomic mass is 10.2. The van der Waals surface area contributed by atoms with Gasteiger partial charge in [-0.05, 0) is 51.6 Å². The van der Waals surface area contributed by atoms with Crippen molar-refractivity contribution < 1.29 is 0 Å². The fourth-order valence-electron chi connectivity index (χ4n) is 1.92. The van der Waals surface area contributed by atoms with Crippen LogP contribution >= 0.6 is 0 Å². The summed E-state index contributed by atoms with van der Waals surface area (Å²) in [6.45, 7) is 3.24. The van der Waals surface area contributed by atoms with Gasteiger partial charge in [-0.25, -0.2) is 0 Å². The molecule has 1 fully saturated rings. The molecule has 1 aliphatic rings. The van der Waals surface area contributed by atoms with Crippen LogP contribution in [0.4, 0.5) is 0 Å². The first kappa shape index (κ1) is 10.7. The Hall–Kier alpha value is -0.830. The van der Waals surface area contributed by atoms with Gasteiger partial charge in [0.1, 0.15) is 0 Å². The third-order valence-corrected chi connectivity index (χ3v) is 2.97. The molecule has 2 rings (SSSR count). The van der Waals surface area contributed by atoms with Crippen molar-refractivity contribution in [3.05, 3.63) is 17.5 Å². The number of hydrogen-bond donors (Lipinski definition) is 1. The van der Waals surface area contributed by atoms with Crippen LogP contribution in [0.3, 0.4) is 0 Å². The molecule has 1 saturated carbocycles. The average Bonchev–Trinajstić information content (AvgIpc) is 2.94. The number of rotatable bonds is 6. The fraction of sp³-hybridized carbons (Fsp3) is 0.750. The van der Waals surface area contributed by atoms with E-state index in [2.05, 4.69) is 23.4 Å². The molecule has 84 valence electrons. The van der Waals surface area contributed by atoms with Gasteiger partial charge in [-0.2, -0.15) is 5.10 Å². The van der Waals surface area contributed by atoms with E-state index < -0.39 is 0 Å².